The van der Waals surface area contributed by atoms with E-state index in [1.807, 2.05) is 4.90 Å². The van der Waals surface area contributed by atoms with Gasteiger partial charge in [0.25, 0.3) is 0 Å². The molecule has 0 aromatic rings. The fourth-order valence-electron chi connectivity index (χ4n) is 2.36. The monoisotopic (exact) mass is 225 g/mol. The normalized spacial score (nSPS) is 29.9. The van der Waals surface area contributed by atoms with E-state index in [0.717, 1.165) is 12.8 Å². The number of rotatable bonds is 1. The summed E-state index contributed by atoms with van der Waals surface area (Å²) in [6.07, 6.45) is 1.65. The summed E-state index contributed by atoms with van der Waals surface area (Å²) in [6, 6.07) is 0.215. The smallest absolute Gasteiger partial charge is 0.225 e. The Kier molecular flexibility index (Phi) is 3.14. The van der Waals surface area contributed by atoms with Crippen LogP contribution in [0.25, 0.3) is 0 Å². The molecule has 90 valence electrons. The molecule has 5 heteroatoms. The molecule has 2 fully saturated rings. The number of carbonyl (C=O) groups excluding carboxylic acids is 2. The highest BCUT2D eigenvalue weighted by Crippen LogP contribution is 2.27. The minimum atomic E-state index is 0.0952. The highest BCUT2D eigenvalue weighted by Gasteiger charge is 2.35. The van der Waals surface area contributed by atoms with Gasteiger partial charge in [-0.25, -0.2) is 0 Å². The van der Waals surface area contributed by atoms with Gasteiger partial charge in [-0.15, -0.1) is 0 Å². The molecule has 1 aliphatic heterocycles. The zero-order valence-corrected chi connectivity index (χ0v) is 9.69. The van der Waals surface area contributed by atoms with Crippen molar-refractivity contribution in [2.75, 3.05) is 26.2 Å². The lowest BCUT2D eigenvalue weighted by atomic mass is 9.80. The van der Waals surface area contributed by atoms with E-state index in [9.17, 15) is 9.59 Å². The first-order chi connectivity index (χ1) is 7.58. The van der Waals surface area contributed by atoms with Gasteiger partial charge in [0, 0.05) is 45.1 Å². The van der Waals surface area contributed by atoms with Crippen LogP contribution in [0.5, 0.6) is 0 Å². The van der Waals surface area contributed by atoms with Crippen LogP contribution >= 0.6 is 0 Å². The molecule has 2 N–H and O–H groups in total. The minimum absolute atomic E-state index is 0.0952. The van der Waals surface area contributed by atoms with E-state index >= 15 is 0 Å². The molecule has 0 spiro atoms. The number of nitrogens with zero attached hydrogens (tertiary/aromatic N) is 2. The summed E-state index contributed by atoms with van der Waals surface area (Å²) < 4.78 is 0. The topological polar surface area (TPSA) is 66.6 Å². The summed E-state index contributed by atoms with van der Waals surface area (Å²) >= 11 is 0. The average molecular weight is 225 g/mol. The first-order valence-electron chi connectivity index (χ1n) is 5.88. The Bertz CT molecular complexity index is 292. The van der Waals surface area contributed by atoms with Gasteiger partial charge in [0.1, 0.15) is 0 Å². The number of hydrogen-bond acceptors (Lipinski definition) is 3. The maximum atomic E-state index is 12.0. The third kappa shape index (κ3) is 2.19. The summed E-state index contributed by atoms with van der Waals surface area (Å²) in [4.78, 5) is 26.8. The van der Waals surface area contributed by atoms with Gasteiger partial charge in [0.05, 0.1) is 0 Å². The van der Waals surface area contributed by atoms with Crippen LogP contribution in [0.15, 0.2) is 0 Å². The van der Waals surface area contributed by atoms with Crippen molar-refractivity contribution in [1.82, 2.24) is 9.80 Å². The van der Waals surface area contributed by atoms with Crippen molar-refractivity contribution in [1.29, 1.82) is 0 Å². The van der Waals surface area contributed by atoms with Gasteiger partial charge >= 0.3 is 0 Å². The van der Waals surface area contributed by atoms with Crippen molar-refractivity contribution in [3.05, 3.63) is 0 Å². The number of piperazine rings is 1. The summed E-state index contributed by atoms with van der Waals surface area (Å²) in [7, 11) is 0. The van der Waals surface area contributed by atoms with Crippen molar-refractivity contribution in [3.8, 4) is 0 Å². The van der Waals surface area contributed by atoms with E-state index in [-0.39, 0.29) is 23.8 Å². The molecule has 0 aromatic carbocycles. The molecule has 5 nitrogen and oxygen atoms in total. The summed E-state index contributed by atoms with van der Waals surface area (Å²) in [5.74, 6) is 0.460. The molecule has 0 radical (unpaired) electrons. The lowest BCUT2D eigenvalue weighted by Crippen LogP contribution is -2.54. The van der Waals surface area contributed by atoms with E-state index in [4.69, 9.17) is 5.73 Å². The number of nitrogens with two attached hydrogens (primary N) is 1. The Hall–Kier alpha value is -1.10. The molecule has 2 rings (SSSR count). The largest absolute Gasteiger partial charge is 0.339 e. The fourth-order valence-corrected chi connectivity index (χ4v) is 2.36. The second-order valence-corrected chi connectivity index (χ2v) is 4.76. The molecule has 0 atom stereocenters. The quantitative estimate of drug-likeness (QED) is 0.649. The van der Waals surface area contributed by atoms with Gasteiger partial charge < -0.3 is 15.5 Å². The van der Waals surface area contributed by atoms with Gasteiger partial charge in [-0.05, 0) is 12.8 Å². The van der Waals surface area contributed by atoms with Gasteiger partial charge in [-0.2, -0.15) is 0 Å². The molecular formula is C11H19N3O2. The second kappa shape index (κ2) is 4.41. The molecule has 1 aliphatic carbocycles. The summed E-state index contributed by atoms with van der Waals surface area (Å²) in [5, 5.41) is 0. The fraction of sp³-hybridized carbons (Fsp3) is 0.818. The van der Waals surface area contributed by atoms with Crippen LogP contribution in [0.1, 0.15) is 19.8 Å². The molecule has 2 amide bonds. The summed E-state index contributed by atoms with van der Waals surface area (Å²) in [6.45, 7) is 4.25. The van der Waals surface area contributed by atoms with Crippen molar-refractivity contribution in [2.45, 2.75) is 25.8 Å². The van der Waals surface area contributed by atoms with E-state index in [0.29, 0.717) is 26.2 Å². The van der Waals surface area contributed by atoms with Crippen molar-refractivity contribution in [3.63, 3.8) is 0 Å². The van der Waals surface area contributed by atoms with Crippen LogP contribution in [-0.4, -0.2) is 53.8 Å². The Balaban J connectivity index is 1.80. The Morgan fingerprint density at radius 2 is 1.56 bits per heavy atom. The first kappa shape index (κ1) is 11.4. The van der Waals surface area contributed by atoms with Gasteiger partial charge in [0.2, 0.25) is 11.8 Å². The average Bonchev–Trinajstić information content (AvgIpc) is 2.24. The van der Waals surface area contributed by atoms with Crippen LogP contribution in [0.3, 0.4) is 0 Å². The minimum Gasteiger partial charge on any atom is -0.339 e. The van der Waals surface area contributed by atoms with Crippen LogP contribution in [-0.2, 0) is 9.59 Å². The maximum absolute atomic E-state index is 12.0. The van der Waals surface area contributed by atoms with Gasteiger partial charge in [-0.1, -0.05) is 0 Å². The molecule has 2 aliphatic rings. The molecular weight excluding hydrogens is 206 g/mol. The lowest BCUT2D eigenvalue weighted by molar-refractivity contribution is -0.143. The number of carbonyl (C=O) groups is 2. The van der Waals surface area contributed by atoms with Gasteiger partial charge in [0.15, 0.2) is 0 Å². The Morgan fingerprint density at radius 1 is 1.06 bits per heavy atom. The van der Waals surface area contributed by atoms with E-state index in [1.165, 1.54) is 0 Å². The van der Waals surface area contributed by atoms with E-state index in [1.54, 1.807) is 11.8 Å². The Labute approximate surface area is 95.6 Å². The van der Waals surface area contributed by atoms with E-state index in [2.05, 4.69) is 0 Å². The molecule has 1 saturated carbocycles. The van der Waals surface area contributed by atoms with Crippen LogP contribution in [0.2, 0.25) is 0 Å². The molecule has 1 saturated heterocycles. The number of hydrogen-bond donors (Lipinski definition) is 1. The maximum Gasteiger partial charge on any atom is 0.225 e. The molecule has 1 heterocycles. The van der Waals surface area contributed by atoms with Crippen LogP contribution in [0, 0.1) is 5.92 Å². The van der Waals surface area contributed by atoms with Crippen molar-refractivity contribution >= 4 is 11.8 Å². The predicted octanol–water partition coefficient (Wildman–Crippen LogP) is -0.586. The molecule has 0 bridgehead atoms. The van der Waals surface area contributed by atoms with Crippen molar-refractivity contribution in [2.24, 2.45) is 11.7 Å². The van der Waals surface area contributed by atoms with Gasteiger partial charge in [-0.3, -0.25) is 9.59 Å². The van der Waals surface area contributed by atoms with Crippen molar-refractivity contribution < 1.29 is 9.59 Å². The standard InChI is InChI=1S/C11H19N3O2/c1-8(15)13-2-4-14(5-3-13)11(16)9-6-10(12)7-9/h9-10H,2-7,12H2,1H3. The first-order valence-corrected chi connectivity index (χ1v) is 5.88. The third-order valence-corrected chi connectivity index (χ3v) is 3.56. The highest BCUT2D eigenvalue weighted by atomic mass is 16.2. The predicted molar refractivity (Wildman–Crippen MR) is 59.5 cm³/mol. The summed E-state index contributed by atoms with van der Waals surface area (Å²) in [5.41, 5.74) is 5.67. The van der Waals surface area contributed by atoms with Crippen LogP contribution in [0.4, 0.5) is 0 Å². The zero-order valence-electron chi connectivity index (χ0n) is 9.69. The number of amides is 2. The molecule has 0 unspecified atom stereocenters. The zero-order chi connectivity index (χ0) is 11.7. The van der Waals surface area contributed by atoms with E-state index < -0.39 is 0 Å². The molecule has 16 heavy (non-hydrogen) atoms. The molecule has 0 aromatic heterocycles. The highest BCUT2D eigenvalue weighted by molar-refractivity contribution is 5.80. The second-order valence-electron chi connectivity index (χ2n) is 4.76. The SMILES string of the molecule is CC(=O)N1CCN(C(=O)C2CC(N)C2)CC1. The lowest BCUT2D eigenvalue weighted by Gasteiger charge is -2.39. The van der Waals surface area contributed by atoms with Crippen LogP contribution < -0.4 is 5.73 Å². The third-order valence-electron chi connectivity index (χ3n) is 3.56. The Morgan fingerprint density at radius 3 is 2.00 bits per heavy atom.